The lowest BCUT2D eigenvalue weighted by Crippen LogP contribution is -2.54. The smallest absolute Gasteiger partial charge is 0.264 e. The first-order valence-electron chi connectivity index (χ1n) is 15.2. The Kier molecular flexibility index (Phi) is 12.0. The second-order valence-corrected chi connectivity index (χ2v) is 13.6. The largest absolute Gasteiger partial charge is 0.495 e. The van der Waals surface area contributed by atoms with E-state index in [0.29, 0.717) is 6.42 Å². The molecule has 0 bridgehead atoms. The second-order valence-electron chi connectivity index (χ2n) is 11.3. The number of carbonyl (C=O) groups excluding carboxylic acids is 2. The van der Waals surface area contributed by atoms with E-state index < -0.39 is 40.2 Å². The van der Waals surface area contributed by atoms with Crippen molar-refractivity contribution < 1.29 is 27.1 Å². The minimum atomic E-state index is -4.39. The molecule has 8 nitrogen and oxygen atoms in total. The highest BCUT2D eigenvalue weighted by molar-refractivity contribution is 7.92. The normalized spacial score (nSPS) is 12.6. The van der Waals surface area contributed by atoms with Crippen molar-refractivity contribution in [2.24, 2.45) is 0 Å². The predicted octanol–water partition coefficient (Wildman–Crippen LogP) is 6.55. The maximum Gasteiger partial charge on any atom is 0.264 e. The third-order valence-corrected chi connectivity index (χ3v) is 9.88. The Morgan fingerprint density at radius 3 is 2.26 bits per heavy atom. The average Bonchev–Trinajstić information content (AvgIpc) is 3.06. The van der Waals surface area contributed by atoms with Crippen LogP contribution in [0.3, 0.4) is 0 Å². The lowest BCUT2D eigenvalue weighted by molar-refractivity contribution is -0.140. The Balaban J connectivity index is 1.87. The lowest BCUT2D eigenvalue weighted by Gasteiger charge is -2.34. The van der Waals surface area contributed by atoms with Gasteiger partial charge >= 0.3 is 0 Å². The number of rotatable bonds is 14. The summed E-state index contributed by atoms with van der Waals surface area (Å²) in [4.78, 5) is 29.7. The van der Waals surface area contributed by atoms with Crippen LogP contribution in [-0.2, 0) is 32.6 Å². The van der Waals surface area contributed by atoms with Crippen LogP contribution in [0.2, 0.25) is 5.02 Å². The van der Waals surface area contributed by atoms with E-state index in [2.05, 4.69) is 5.32 Å². The SMILES string of the molecule is CC[C@@H](C)NC(=O)[C@H](Cc1ccccc1)N(Cc1ccccc1F)C(=O)CN(c1cc(Cl)ccc1OC)S(=O)(=O)c1ccc(C)cc1. The zero-order valence-electron chi connectivity index (χ0n) is 26.8. The number of sulfonamides is 1. The second kappa shape index (κ2) is 15.9. The number of amides is 2. The molecule has 0 aliphatic rings. The highest BCUT2D eigenvalue weighted by atomic mass is 35.5. The molecule has 248 valence electrons. The quantitative estimate of drug-likeness (QED) is 0.163. The fourth-order valence-electron chi connectivity index (χ4n) is 5.01. The van der Waals surface area contributed by atoms with Gasteiger partial charge in [-0.05, 0) is 62.2 Å². The molecule has 0 unspecified atom stereocenters. The van der Waals surface area contributed by atoms with Gasteiger partial charge in [0.25, 0.3) is 10.0 Å². The van der Waals surface area contributed by atoms with Gasteiger partial charge in [0.15, 0.2) is 0 Å². The van der Waals surface area contributed by atoms with Crippen molar-refractivity contribution >= 4 is 39.1 Å². The molecule has 4 rings (SSSR count). The van der Waals surface area contributed by atoms with Gasteiger partial charge < -0.3 is 15.0 Å². The molecule has 0 saturated heterocycles. The molecule has 0 radical (unpaired) electrons. The average molecular weight is 680 g/mol. The van der Waals surface area contributed by atoms with Crippen LogP contribution in [-0.4, -0.2) is 50.9 Å². The number of nitrogens with zero attached hydrogens (tertiary/aromatic N) is 2. The standard InChI is InChI=1S/C36H39ClFN3O5S/c1-5-26(3)39-36(43)33(21-27-11-7-6-8-12-27)40(23-28-13-9-10-14-31(28)38)35(42)24-41(32-22-29(37)17-20-34(32)46-4)47(44,45)30-18-15-25(2)16-19-30/h6-20,22,26,33H,5,21,23-24H2,1-4H3,(H,39,43)/t26-,33+/m1/s1. The van der Waals surface area contributed by atoms with Gasteiger partial charge in [-0.25, -0.2) is 12.8 Å². The number of nitrogens with one attached hydrogen (secondary N) is 1. The first-order valence-corrected chi connectivity index (χ1v) is 17.1. The number of benzene rings is 4. The fourth-order valence-corrected chi connectivity index (χ4v) is 6.60. The Morgan fingerprint density at radius 2 is 1.62 bits per heavy atom. The molecular weight excluding hydrogens is 641 g/mol. The van der Waals surface area contributed by atoms with Gasteiger partial charge in [-0.2, -0.15) is 0 Å². The molecule has 4 aromatic rings. The number of ether oxygens (including phenoxy) is 1. The first-order chi connectivity index (χ1) is 22.4. The van der Waals surface area contributed by atoms with Crippen LogP contribution in [0, 0.1) is 12.7 Å². The van der Waals surface area contributed by atoms with Crippen molar-refractivity contribution in [3.05, 3.63) is 125 Å². The van der Waals surface area contributed by atoms with E-state index in [1.165, 1.54) is 54.5 Å². The maximum atomic E-state index is 15.1. The van der Waals surface area contributed by atoms with Gasteiger partial charge in [-0.3, -0.25) is 13.9 Å². The van der Waals surface area contributed by atoms with Crippen LogP contribution in [0.4, 0.5) is 10.1 Å². The molecule has 4 aromatic carbocycles. The first kappa shape index (κ1) is 35.4. The Labute approximate surface area is 281 Å². The molecule has 0 aliphatic heterocycles. The predicted molar refractivity (Wildman–Crippen MR) is 182 cm³/mol. The monoisotopic (exact) mass is 679 g/mol. The van der Waals surface area contributed by atoms with Crippen LogP contribution < -0.4 is 14.4 Å². The van der Waals surface area contributed by atoms with E-state index in [4.69, 9.17) is 16.3 Å². The molecule has 2 amide bonds. The minimum Gasteiger partial charge on any atom is -0.495 e. The van der Waals surface area contributed by atoms with Gasteiger partial charge in [0.1, 0.15) is 24.2 Å². The van der Waals surface area contributed by atoms with Crippen molar-refractivity contribution in [3.63, 3.8) is 0 Å². The molecule has 0 fully saturated rings. The summed E-state index contributed by atoms with van der Waals surface area (Å²) >= 11 is 6.34. The van der Waals surface area contributed by atoms with Crippen LogP contribution in [0.15, 0.2) is 102 Å². The Hall–Kier alpha value is -4.41. The highest BCUT2D eigenvalue weighted by Crippen LogP contribution is 2.35. The molecule has 1 N–H and O–H groups in total. The zero-order chi connectivity index (χ0) is 34.1. The Morgan fingerprint density at radius 1 is 0.957 bits per heavy atom. The number of hydrogen-bond acceptors (Lipinski definition) is 5. The van der Waals surface area contributed by atoms with Gasteiger partial charge in [-0.1, -0.05) is 84.8 Å². The highest BCUT2D eigenvalue weighted by Gasteiger charge is 2.36. The number of anilines is 1. The molecule has 11 heteroatoms. The summed E-state index contributed by atoms with van der Waals surface area (Å²) in [6.07, 6.45) is 0.747. The van der Waals surface area contributed by atoms with E-state index in [1.807, 2.05) is 51.1 Å². The summed E-state index contributed by atoms with van der Waals surface area (Å²) in [6.45, 7) is 4.58. The minimum absolute atomic E-state index is 0.0310. The molecule has 2 atom stereocenters. The van der Waals surface area contributed by atoms with Crippen molar-refractivity contribution in [2.45, 2.75) is 57.1 Å². The molecule has 0 aromatic heterocycles. The summed E-state index contributed by atoms with van der Waals surface area (Å²) < 4.78 is 50.1. The molecular formula is C36H39ClFN3O5S. The van der Waals surface area contributed by atoms with E-state index in [1.54, 1.807) is 24.3 Å². The van der Waals surface area contributed by atoms with Crippen LogP contribution >= 0.6 is 11.6 Å². The summed E-state index contributed by atoms with van der Waals surface area (Å²) in [7, 11) is -3.01. The lowest BCUT2D eigenvalue weighted by atomic mass is 10.0. The van der Waals surface area contributed by atoms with Crippen LogP contribution in [0.5, 0.6) is 5.75 Å². The third kappa shape index (κ3) is 8.90. The molecule has 0 heterocycles. The number of carbonyl (C=O) groups is 2. The number of aryl methyl sites for hydroxylation is 1. The topological polar surface area (TPSA) is 96.0 Å². The van der Waals surface area contributed by atoms with E-state index in [-0.39, 0.29) is 45.9 Å². The maximum absolute atomic E-state index is 15.1. The molecule has 0 aliphatic carbocycles. The molecule has 0 saturated carbocycles. The molecule has 0 spiro atoms. The van der Waals surface area contributed by atoms with E-state index >= 15 is 4.39 Å². The number of halogens is 2. The number of hydrogen-bond donors (Lipinski definition) is 1. The van der Waals surface area contributed by atoms with Gasteiger partial charge in [0.05, 0.1) is 17.7 Å². The zero-order valence-corrected chi connectivity index (χ0v) is 28.4. The van der Waals surface area contributed by atoms with Gasteiger partial charge in [0.2, 0.25) is 11.8 Å². The van der Waals surface area contributed by atoms with E-state index in [9.17, 15) is 18.0 Å². The summed E-state index contributed by atoms with van der Waals surface area (Å²) in [6, 6.07) is 24.5. The van der Waals surface area contributed by atoms with Crippen LogP contribution in [0.25, 0.3) is 0 Å². The summed E-state index contributed by atoms with van der Waals surface area (Å²) in [5.41, 5.74) is 1.81. The summed E-state index contributed by atoms with van der Waals surface area (Å²) in [5, 5.41) is 3.18. The van der Waals surface area contributed by atoms with Crippen molar-refractivity contribution in [1.29, 1.82) is 0 Å². The molecule has 47 heavy (non-hydrogen) atoms. The Bertz CT molecular complexity index is 1790. The fraction of sp³-hybridized carbons (Fsp3) is 0.278. The van der Waals surface area contributed by atoms with Crippen LogP contribution in [0.1, 0.15) is 37.0 Å². The van der Waals surface area contributed by atoms with Crippen molar-refractivity contribution in [1.82, 2.24) is 10.2 Å². The van der Waals surface area contributed by atoms with Crippen molar-refractivity contribution in [3.8, 4) is 5.75 Å². The van der Waals surface area contributed by atoms with E-state index in [0.717, 1.165) is 15.4 Å². The van der Waals surface area contributed by atoms with Crippen molar-refractivity contribution in [2.75, 3.05) is 18.0 Å². The summed E-state index contributed by atoms with van der Waals surface area (Å²) in [5.74, 6) is -1.58. The third-order valence-electron chi connectivity index (χ3n) is 7.87. The van der Waals surface area contributed by atoms with Gasteiger partial charge in [-0.15, -0.1) is 0 Å². The van der Waals surface area contributed by atoms with Gasteiger partial charge in [0, 0.05) is 29.6 Å². The number of methoxy groups -OCH3 is 1.